The van der Waals surface area contributed by atoms with E-state index in [1.807, 2.05) is 19.1 Å². The van der Waals surface area contributed by atoms with Crippen molar-refractivity contribution in [3.05, 3.63) is 65.2 Å². The Morgan fingerprint density at radius 3 is 2.12 bits per heavy atom. The fourth-order valence-electron chi connectivity index (χ4n) is 2.39. The van der Waals surface area contributed by atoms with Gasteiger partial charge in [-0.3, -0.25) is 0 Å². The normalized spacial score (nSPS) is 12.8. The third-order valence-corrected chi connectivity index (χ3v) is 4.12. The van der Waals surface area contributed by atoms with Crippen LogP contribution in [-0.2, 0) is 6.18 Å². The lowest BCUT2D eigenvalue weighted by Gasteiger charge is -2.18. The number of hydrogen-bond donors (Lipinski definition) is 2. The molecule has 2 aromatic carbocycles. The third kappa shape index (κ3) is 5.46. The van der Waals surface area contributed by atoms with Crippen molar-refractivity contribution in [1.29, 1.82) is 0 Å². The standard InChI is InChI=1S/C19H21F3N2S/c1-12(2)14-7-9-15(10-8-14)13(3)23-18(25)24-17-6-4-5-16(11-17)19(20,21)22/h4-13H,1-3H3,(H2,23,24,25). The summed E-state index contributed by atoms with van der Waals surface area (Å²) in [5, 5.41) is 6.17. The molecule has 6 heteroatoms. The van der Waals surface area contributed by atoms with E-state index in [-0.39, 0.29) is 11.2 Å². The number of anilines is 1. The van der Waals surface area contributed by atoms with Crippen LogP contribution >= 0.6 is 12.2 Å². The molecule has 0 radical (unpaired) electrons. The molecule has 1 unspecified atom stereocenters. The van der Waals surface area contributed by atoms with Crippen LogP contribution in [0.5, 0.6) is 0 Å². The van der Waals surface area contributed by atoms with Crippen LogP contribution in [0.2, 0.25) is 0 Å². The molecule has 0 spiro atoms. The smallest absolute Gasteiger partial charge is 0.356 e. The number of halogens is 3. The summed E-state index contributed by atoms with van der Waals surface area (Å²) >= 11 is 5.21. The van der Waals surface area contributed by atoms with Crippen LogP contribution in [0.1, 0.15) is 49.4 Å². The Kier molecular flexibility index (Phi) is 6.06. The summed E-state index contributed by atoms with van der Waals surface area (Å²) in [7, 11) is 0. The van der Waals surface area contributed by atoms with E-state index in [2.05, 4.69) is 36.6 Å². The minimum atomic E-state index is -4.38. The molecule has 0 heterocycles. The molecule has 0 aliphatic heterocycles. The Balaban J connectivity index is 2.00. The number of rotatable bonds is 4. The zero-order valence-corrected chi connectivity index (χ0v) is 15.1. The van der Waals surface area contributed by atoms with Crippen LogP contribution in [0.4, 0.5) is 18.9 Å². The van der Waals surface area contributed by atoms with Crippen molar-refractivity contribution in [3.8, 4) is 0 Å². The van der Waals surface area contributed by atoms with Crippen molar-refractivity contribution in [2.75, 3.05) is 5.32 Å². The molecule has 1 atom stereocenters. The molecule has 0 saturated heterocycles. The van der Waals surface area contributed by atoms with E-state index in [9.17, 15) is 13.2 Å². The Morgan fingerprint density at radius 2 is 1.56 bits per heavy atom. The lowest BCUT2D eigenvalue weighted by Crippen LogP contribution is -2.31. The molecule has 2 nitrogen and oxygen atoms in total. The molecule has 25 heavy (non-hydrogen) atoms. The highest BCUT2D eigenvalue weighted by Gasteiger charge is 2.30. The van der Waals surface area contributed by atoms with Gasteiger partial charge in [-0.1, -0.05) is 44.2 Å². The van der Waals surface area contributed by atoms with Crippen LogP contribution in [-0.4, -0.2) is 5.11 Å². The SMILES string of the molecule is CC(C)c1ccc(C(C)NC(=S)Nc2cccc(C(F)(F)F)c2)cc1. The third-order valence-electron chi connectivity index (χ3n) is 3.90. The monoisotopic (exact) mass is 366 g/mol. The van der Waals surface area contributed by atoms with Gasteiger partial charge in [-0.15, -0.1) is 0 Å². The first-order valence-electron chi connectivity index (χ1n) is 8.01. The molecule has 0 aromatic heterocycles. The zero-order valence-electron chi connectivity index (χ0n) is 14.3. The molecular formula is C19H21F3N2S. The fourth-order valence-corrected chi connectivity index (χ4v) is 2.68. The topological polar surface area (TPSA) is 24.1 Å². The molecule has 0 aliphatic rings. The van der Waals surface area contributed by atoms with E-state index in [0.717, 1.165) is 17.7 Å². The number of benzene rings is 2. The van der Waals surface area contributed by atoms with Crippen LogP contribution in [0, 0.1) is 0 Å². The van der Waals surface area contributed by atoms with E-state index in [1.165, 1.54) is 11.6 Å². The van der Waals surface area contributed by atoms with E-state index in [4.69, 9.17) is 12.2 Å². The average Bonchev–Trinajstić information content (AvgIpc) is 2.54. The average molecular weight is 366 g/mol. The van der Waals surface area contributed by atoms with Crippen LogP contribution in [0.3, 0.4) is 0 Å². The first-order valence-corrected chi connectivity index (χ1v) is 8.42. The number of nitrogens with one attached hydrogen (secondary N) is 2. The minimum absolute atomic E-state index is 0.0630. The van der Waals surface area contributed by atoms with E-state index in [0.29, 0.717) is 11.6 Å². The summed E-state index contributed by atoms with van der Waals surface area (Å²) in [5.41, 5.74) is 1.89. The number of alkyl halides is 3. The summed E-state index contributed by atoms with van der Waals surface area (Å²) in [5.74, 6) is 0.459. The lowest BCUT2D eigenvalue weighted by atomic mass is 10.00. The van der Waals surface area contributed by atoms with Gasteiger partial charge in [-0.05, 0) is 54.4 Å². The summed E-state index contributed by atoms with van der Waals surface area (Å²) < 4.78 is 38.2. The molecule has 134 valence electrons. The van der Waals surface area contributed by atoms with Crippen molar-refractivity contribution in [1.82, 2.24) is 5.32 Å². The van der Waals surface area contributed by atoms with Crippen molar-refractivity contribution in [3.63, 3.8) is 0 Å². The summed E-state index contributed by atoms with van der Waals surface area (Å²) in [4.78, 5) is 0. The highest BCUT2D eigenvalue weighted by atomic mass is 32.1. The van der Waals surface area contributed by atoms with Crippen molar-refractivity contribution in [2.24, 2.45) is 0 Å². The predicted molar refractivity (Wildman–Crippen MR) is 99.7 cm³/mol. The maximum absolute atomic E-state index is 12.7. The first-order chi connectivity index (χ1) is 11.7. The lowest BCUT2D eigenvalue weighted by molar-refractivity contribution is -0.137. The maximum Gasteiger partial charge on any atom is 0.416 e. The number of hydrogen-bond acceptors (Lipinski definition) is 1. The zero-order chi connectivity index (χ0) is 18.6. The summed E-state index contributed by atoms with van der Waals surface area (Å²) in [6.45, 7) is 6.21. The van der Waals surface area contributed by atoms with Gasteiger partial charge < -0.3 is 10.6 Å². The van der Waals surface area contributed by atoms with Gasteiger partial charge in [0.05, 0.1) is 11.6 Å². The minimum Gasteiger partial charge on any atom is -0.356 e. The van der Waals surface area contributed by atoms with E-state index in [1.54, 1.807) is 6.07 Å². The van der Waals surface area contributed by atoms with Gasteiger partial charge in [0.2, 0.25) is 0 Å². The molecule has 0 saturated carbocycles. The van der Waals surface area contributed by atoms with Gasteiger partial charge in [0.15, 0.2) is 5.11 Å². The van der Waals surface area contributed by atoms with Crippen LogP contribution in [0.15, 0.2) is 48.5 Å². The maximum atomic E-state index is 12.7. The quantitative estimate of drug-likeness (QED) is 0.661. The van der Waals surface area contributed by atoms with Gasteiger partial charge in [0.1, 0.15) is 0 Å². The second kappa shape index (κ2) is 7.87. The molecular weight excluding hydrogens is 345 g/mol. The molecule has 2 rings (SSSR count). The van der Waals surface area contributed by atoms with E-state index < -0.39 is 11.7 Å². The van der Waals surface area contributed by atoms with Gasteiger partial charge in [0, 0.05) is 5.69 Å². The highest BCUT2D eigenvalue weighted by Crippen LogP contribution is 2.30. The van der Waals surface area contributed by atoms with Gasteiger partial charge in [-0.2, -0.15) is 13.2 Å². The van der Waals surface area contributed by atoms with Gasteiger partial charge in [-0.25, -0.2) is 0 Å². The van der Waals surface area contributed by atoms with Crippen LogP contribution < -0.4 is 10.6 Å². The van der Waals surface area contributed by atoms with Gasteiger partial charge in [0.25, 0.3) is 0 Å². The molecule has 0 fully saturated rings. The molecule has 0 bridgehead atoms. The molecule has 0 aliphatic carbocycles. The van der Waals surface area contributed by atoms with Gasteiger partial charge >= 0.3 is 6.18 Å². The largest absolute Gasteiger partial charge is 0.416 e. The Labute approximate surface area is 151 Å². The number of thiocarbonyl (C=S) groups is 1. The molecule has 2 aromatic rings. The summed E-state index contributed by atoms with van der Waals surface area (Å²) in [6, 6.07) is 13.1. The molecule has 2 N–H and O–H groups in total. The first kappa shape index (κ1) is 19.2. The van der Waals surface area contributed by atoms with Crippen LogP contribution in [0.25, 0.3) is 0 Å². The van der Waals surface area contributed by atoms with Crippen molar-refractivity contribution in [2.45, 2.75) is 38.9 Å². The predicted octanol–water partition coefficient (Wildman–Crippen LogP) is 5.88. The Bertz CT molecular complexity index is 724. The van der Waals surface area contributed by atoms with Crippen molar-refractivity contribution < 1.29 is 13.2 Å². The molecule has 0 amide bonds. The summed E-state index contributed by atoms with van der Waals surface area (Å²) in [6.07, 6.45) is -4.38. The van der Waals surface area contributed by atoms with Crippen molar-refractivity contribution >= 4 is 23.0 Å². The second-order valence-corrected chi connectivity index (χ2v) is 6.63. The van der Waals surface area contributed by atoms with E-state index >= 15 is 0 Å². The fraction of sp³-hybridized carbons (Fsp3) is 0.316. The highest BCUT2D eigenvalue weighted by molar-refractivity contribution is 7.80. The Hall–Kier alpha value is -2.08. The second-order valence-electron chi connectivity index (χ2n) is 6.22. The Morgan fingerprint density at radius 1 is 0.960 bits per heavy atom.